The van der Waals surface area contributed by atoms with Crippen molar-refractivity contribution in [3.05, 3.63) is 75.9 Å². The Morgan fingerprint density at radius 1 is 1.06 bits per heavy atom. The minimum atomic E-state index is -3.34. The Morgan fingerprint density at radius 3 is 2.36 bits per heavy atom. The summed E-state index contributed by atoms with van der Waals surface area (Å²) in [4.78, 5) is 1.86. The van der Waals surface area contributed by atoms with E-state index in [1.807, 2.05) is 38.1 Å². The molecule has 0 saturated carbocycles. The number of allylic oxidation sites excluding steroid dienone is 1. The summed E-state index contributed by atoms with van der Waals surface area (Å²) in [5.74, 6) is -0.437. The molecule has 0 aromatic heterocycles. The number of halogens is 2. The zero-order chi connectivity index (χ0) is 24.0. The summed E-state index contributed by atoms with van der Waals surface area (Å²) >= 11 is 0. The van der Waals surface area contributed by atoms with E-state index in [0.29, 0.717) is 55.6 Å². The van der Waals surface area contributed by atoms with Crippen molar-refractivity contribution in [2.45, 2.75) is 38.5 Å². The number of benzene rings is 2. The van der Waals surface area contributed by atoms with Crippen molar-refractivity contribution in [1.29, 1.82) is 0 Å². The quantitative estimate of drug-likeness (QED) is 0.640. The molecule has 2 aromatic rings. The number of hydrogen-bond acceptors (Lipinski definition) is 3. The van der Waals surface area contributed by atoms with Crippen LogP contribution in [0.4, 0.5) is 8.78 Å². The van der Waals surface area contributed by atoms with Crippen LogP contribution in [0.15, 0.2) is 42.0 Å². The molecule has 0 radical (unpaired) electrons. The predicted molar refractivity (Wildman–Crippen MR) is 129 cm³/mol. The average molecular weight is 475 g/mol. The summed E-state index contributed by atoms with van der Waals surface area (Å²) in [5.41, 5.74) is 3.96. The van der Waals surface area contributed by atoms with Gasteiger partial charge in [0.25, 0.3) is 0 Å². The van der Waals surface area contributed by atoms with Gasteiger partial charge < -0.3 is 4.90 Å². The first-order valence-corrected chi connectivity index (χ1v) is 13.0. The molecule has 178 valence electrons. The monoisotopic (exact) mass is 474 g/mol. The third-order valence-corrected chi connectivity index (χ3v) is 8.98. The van der Waals surface area contributed by atoms with Gasteiger partial charge in [0.15, 0.2) is 0 Å². The van der Waals surface area contributed by atoms with Crippen molar-refractivity contribution >= 4 is 15.6 Å². The van der Waals surface area contributed by atoms with Crippen LogP contribution in [0.3, 0.4) is 0 Å². The fraction of sp³-hybridized carbons (Fsp3) is 0.462. The Balaban J connectivity index is 1.74. The van der Waals surface area contributed by atoms with Gasteiger partial charge in [0.05, 0.1) is 5.75 Å². The molecule has 2 aliphatic rings. The minimum Gasteiger partial charge on any atom is -0.308 e. The molecule has 4 nitrogen and oxygen atoms in total. The number of hydrogen-bond donors (Lipinski definition) is 0. The van der Waals surface area contributed by atoms with Crippen molar-refractivity contribution in [3.8, 4) is 0 Å². The molecule has 4 rings (SSSR count). The van der Waals surface area contributed by atoms with Crippen LogP contribution < -0.4 is 0 Å². The van der Waals surface area contributed by atoms with Crippen molar-refractivity contribution in [2.75, 3.05) is 39.5 Å². The van der Waals surface area contributed by atoms with E-state index in [4.69, 9.17) is 0 Å². The summed E-state index contributed by atoms with van der Waals surface area (Å²) in [7, 11) is 0.378. The third-order valence-electron chi connectivity index (χ3n) is 7.13. The van der Waals surface area contributed by atoms with Crippen molar-refractivity contribution in [2.24, 2.45) is 0 Å². The molecule has 1 aliphatic heterocycles. The Bertz CT molecular complexity index is 1200. The predicted octanol–water partition coefficient (Wildman–Crippen LogP) is 4.53. The molecule has 0 amide bonds. The smallest absolute Gasteiger partial charge is 0.215 e. The largest absolute Gasteiger partial charge is 0.308 e. The molecule has 1 aliphatic carbocycles. The molecule has 0 spiro atoms. The summed E-state index contributed by atoms with van der Waals surface area (Å²) < 4.78 is 57.3. The second kappa shape index (κ2) is 8.93. The van der Waals surface area contributed by atoms with Crippen molar-refractivity contribution in [3.63, 3.8) is 0 Å². The second-order valence-electron chi connectivity index (χ2n) is 9.71. The first kappa shape index (κ1) is 24.0. The minimum absolute atomic E-state index is 0.0895. The maximum Gasteiger partial charge on any atom is 0.215 e. The maximum atomic E-state index is 15.2. The molecule has 1 atom stereocenters. The van der Waals surface area contributed by atoms with E-state index >= 15 is 4.39 Å². The van der Waals surface area contributed by atoms with Crippen LogP contribution in [-0.2, 0) is 21.9 Å². The summed E-state index contributed by atoms with van der Waals surface area (Å²) in [6.07, 6.45) is 1.52. The molecule has 1 heterocycles. The first-order valence-electron chi connectivity index (χ1n) is 11.4. The van der Waals surface area contributed by atoms with Crippen molar-refractivity contribution < 1.29 is 17.2 Å². The van der Waals surface area contributed by atoms with E-state index in [0.717, 1.165) is 16.7 Å². The number of nitrogens with zero attached hydrogens (tertiary/aromatic N) is 2. The van der Waals surface area contributed by atoms with E-state index in [1.54, 1.807) is 29.4 Å². The Kier molecular flexibility index (Phi) is 6.51. The Labute approximate surface area is 196 Å². The lowest BCUT2D eigenvalue weighted by atomic mass is 9.73. The third kappa shape index (κ3) is 4.38. The van der Waals surface area contributed by atoms with Gasteiger partial charge in [-0.3, -0.25) is 0 Å². The van der Waals surface area contributed by atoms with Gasteiger partial charge in [-0.25, -0.2) is 21.5 Å². The van der Waals surface area contributed by atoms with Gasteiger partial charge in [0, 0.05) is 25.0 Å². The first-order chi connectivity index (χ1) is 15.5. The van der Waals surface area contributed by atoms with Gasteiger partial charge in [0.2, 0.25) is 10.0 Å². The zero-order valence-corrected chi connectivity index (χ0v) is 20.6. The number of piperidine rings is 1. The van der Waals surface area contributed by atoms with Crippen LogP contribution in [0.25, 0.3) is 5.57 Å². The molecule has 33 heavy (non-hydrogen) atoms. The SMILES string of the molecule is Cc1ccc2c(c1F)CC(C)(c1ccccc1F)C2=C1CCN(S(=O)(=O)CCN(C)C)CC1. The van der Waals surface area contributed by atoms with E-state index in [2.05, 4.69) is 0 Å². The Morgan fingerprint density at radius 2 is 1.73 bits per heavy atom. The van der Waals surface area contributed by atoms with Crippen LogP contribution >= 0.6 is 0 Å². The lowest BCUT2D eigenvalue weighted by Gasteiger charge is -2.34. The fourth-order valence-electron chi connectivity index (χ4n) is 5.32. The van der Waals surface area contributed by atoms with Gasteiger partial charge in [-0.15, -0.1) is 0 Å². The number of aryl methyl sites for hydroxylation is 1. The van der Waals surface area contributed by atoms with Gasteiger partial charge in [-0.05, 0) is 74.2 Å². The molecule has 1 saturated heterocycles. The molecule has 1 unspecified atom stereocenters. The van der Waals surface area contributed by atoms with E-state index < -0.39 is 15.4 Å². The van der Waals surface area contributed by atoms with Gasteiger partial charge in [0.1, 0.15) is 11.6 Å². The zero-order valence-electron chi connectivity index (χ0n) is 19.8. The highest BCUT2D eigenvalue weighted by Crippen LogP contribution is 2.52. The highest BCUT2D eigenvalue weighted by atomic mass is 32.2. The molecule has 7 heteroatoms. The van der Waals surface area contributed by atoms with Gasteiger partial charge >= 0.3 is 0 Å². The van der Waals surface area contributed by atoms with E-state index in [1.165, 1.54) is 6.07 Å². The topological polar surface area (TPSA) is 40.6 Å². The Hall–Kier alpha value is -2.09. The molecule has 2 aromatic carbocycles. The van der Waals surface area contributed by atoms with Crippen LogP contribution in [0.5, 0.6) is 0 Å². The number of fused-ring (bicyclic) bond motifs is 1. The standard InChI is InChI=1S/C26H32F2N2O2S/c1-18-9-10-20-21(25(18)28)17-26(2,22-7-5-6-8-23(22)27)24(20)19-11-13-30(14-12-19)33(31,32)16-15-29(3)4/h5-10H,11-17H2,1-4H3. The van der Waals surface area contributed by atoms with Crippen LogP contribution in [0, 0.1) is 18.6 Å². The van der Waals surface area contributed by atoms with Crippen molar-refractivity contribution in [1.82, 2.24) is 9.21 Å². The van der Waals surface area contributed by atoms with Crippen LogP contribution in [0.2, 0.25) is 0 Å². The maximum absolute atomic E-state index is 15.2. The lowest BCUT2D eigenvalue weighted by molar-refractivity contribution is 0.376. The summed E-state index contributed by atoms with van der Waals surface area (Å²) in [6, 6.07) is 10.4. The normalized spacial score (nSPS) is 21.7. The average Bonchev–Trinajstić information content (AvgIpc) is 3.09. The fourth-order valence-corrected chi connectivity index (χ4v) is 6.91. The molecule has 1 fully saturated rings. The highest BCUT2D eigenvalue weighted by molar-refractivity contribution is 7.89. The molecule has 0 bridgehead atoms. The summed E-state index contributed by atoms with van der Waals surface area (Å²) in [6.45, 7) is 5.00. The van der Waals surface area contributed by atoms with E-state index in [-0.39, 0.29) is 17.4 Å². The molecular weight excluding hydrogens is 442 g/mol. The van der Waals surface area contributed by atoms with Gasteiger partial charge in [-0.1, -0.05) is 42.8 Å². The van der Waals surface area contributed by atoms with Crippen LogP contribution in [0.1, 0.15) is 42.0 Å². The number of rotatable bonds is 5. The second-order valence-corrected chi connectivity index (χ2v) is 11.8. The lowest BCUT2D eigenvalue weighted by Crippen LogP contribution is -2.40. The molecule has 0 N–H and O–H groups in total. The molecular formula is C26H32F2N2O2S. The number of sulfonamides is 1. The van der Waals surface area contributed by atoms with Crippen LogP contribution in [-0.4, -0.2) is 57.1 Å². The van der Waals surface area contributed by atoms with E-state index in [9.17, 15) is 12.8 Å². The summed E-state index contributed by atoms with van der Waals surface area (Å²) in [5, 5.41) is 0. The highest BCUT2D eigenvalue weighted by Gasteiger charge is 2.44. The van der Waals surface area contributed by atoms with Gasteiger partial charge in [-0.2, -0.15) is 0 Å².